The summed E-state index contributed by atoms with van der Waals surface area (Å²) in [5, 5.41) is 0. The van der Waals surface area contributed by atoms with Gasteiger partial charge in [0.15, 0.2) is 5.78 Å². The molecule has 2 atom stereocenters. The summed E-state index contributed by atoms with van der Waals surface area (Å²) in [7, 11) is 1.58. The first-order valence-electron chi connectivity index (χ1n) is 6.71. The normalized spacial score (nSPS) is 26.3. The number of hydrogen-bond donors (Lipinski definition) is 0. The maximum Gasteiger partial charge on any atom is 0.310 e. The highest BCUT2D eigenvalue weighted by atomic mass is 16.5. The van der Waals surface area contributed by atoms with Gasteiger partial charge in [-0.3, -0.25) is 9.59 Å². The Morgan fingerprint density at radius 2 is 2.25 bits per heavy atom. The van der Waals surface area contributed by atoms with Crippen molar-refractivity contribution in [1.82, 2.24) is 0 Å². The van der Waals surface area contributed by atoms with E-state index in [-0.39, 0.29) is 17.7 Å². The van der Waals surface area contributed by atoms with Crippen LogP contribution in [0, 0.1) is 5.92 Å². The van der Waals surface area contributed by atoms with Gasteiger partial charge in [0, 0.05) is 16.5 Å². The van der Waals surface area contributed by atoms with Crippen LogP contribution < -0.4 is 4.74 Å². The molecule has 20 heavy (non-hydrogen) atoms. The van der Waals surface area contributed by atoms with Crippen LogP contribution in [0.15, 0.2) is 30.4 Å². The second-order valence-electron chi connectivity index (χ2n) is 5.13. The Morgan fingerprint density at radius 3 is 2.95 bits per heavy atom. The average Bonchev–Trinajstić information content (AvgIpc) is 3.18. The minimum atomic E-state index is -0.428. The molecule has 0 N–H and O–H groups in total. The van der Waals surface area contributed by atoms with E-state index in [0.717, 1.165) is 5.56 Å². The Balaban J connectivity index is 2.07. The van der Waals surface area contributed by atoms with Crippen molar-refractivity contribution in [3.63, 3.8) is 0 Å². The first kappa shape index (κ1) is 12.9. The first-order valence-corrected chi connectivity index (χ1v) is 6.71. The molecule has 4 heteroatoms. The Bertz CT molecular complexity index is 617. The summed E-state index contributed by atoms with van der Waals surface area (Å²) in [6.07, 6.45) is 4.06. The van der Waals surface area contributed by atoms with Crippen LogP contribution in [0.4, 0.5) is 0 Å². The van der Waals surface area contributed by atoms with Gasteiger partial charge >= 0.3 is 5.97 Å². The Hall–Kier alpha value is -2.10. The van der Waals surface area contributed by atoms with E-state index in [1.165, 1.54) is 0 Å². The van der Waals surface area contributed by atoms with Crippen molar-refractivity contribution in [2.75, 3.05) is 13.7 Å². The fourth-order valence-electron chi connectivity index (χ4n) is 3.06. The largest absolute Gasteiger partial charge is 0.496 e. The zero-order valence-electron chi connectivity index (χ0n) is 11.5. The molecular weight excluding hydrogens is 256 g/mol. The van der Waals surface area contributed by atoms with E-state index < -0.39 is 5.41 Å². The van der Waals surface area contributed by atoms with Gasteiger partial charge in [-0.25, -0.2) is 0 Å². The lowest BCUT2D eigenvalue weighted by molar-refractivity contribution is -0.145. The molecule has 1 aromatic carbocycles. The van der Waals surface area contributed by atoms with Crippen molar-refractivity contribution in [2.45, 2.75) is 18.8 Å². The molecule has 1 aromatic rings. The SMILES string of the molecule is CCOC(=O)C1CC12C=CC(=O)c1cccc(OC)c12. The second-order valence-corrected chi connectivity index (χ2v) is 5.13. The number of hydrogen-bond acceptors (Lipinski definition) is 4. The quantitative estimate of drug-likeness (QED) is 0.792. The van der Waals surface area contributed by atoms with E-state index >= 15 is 0 Å². The lowest BCUT2D eigenvalue weighted by Gasteiger charge is -2.23. The highest BCUT2D eigenvalue weighted by Gasteiger charge is 2.61. The van der Waals surface area contributed by atoms with Gasteiger partial charge in [-0.2, -0.15) is 0 Å². The fraction of sp³-hybridized carbons (Fsp3) is 0.375. The number of allylic oxidation sites excluding steroid dienone is 2. The molecule has 0 aromatic heterocycles. The number of fused-ring (bicyclic) bond motifs is 2. The predicted octanol–water partition coefficient (Wildman–Crippen LogP) is 2.27. The number of carbonyl (C=O) groups is 2. The molecule has 1 saturated carbocycles. The molecule has 0 radical (unpaired) electrons. The summed E-state index contributed by atoms with van der Waals surface area (Å²) in [6, 6.07) is 5.41. The van der Waals surface area contributed by atoms with Crippen molar-refractivity contribution in [3.8, 4) is 5.75 Å². The Kier molecular flexibility index (Phi) is 2.89. The van der Waals surface area contributed by atoms with E-state index in [1.54, 1.807) is 32.2 Å². The molecule has 4 nitrogen and oxygen atoms in total. The molecule has 104 valence electrons. The highest BCUT2D eigenvalue weighted by molar-refractivity contribution is 6.09. The van der Waals surface area contributed by atoms with Crippen molar-refractivity contribution in [3.05, 3.63) is 41.5 Å². The molecule has 0 heterocycles. The monoisotopic (exact) mass is 272 g/mol. The van der Waals surface area contributed by atoms with Gasteiger partial charge in [-0.05, 0) is 25.5 Å². The van der Waals surface area contributed by atoms with Crippen LogP contribution in [0.3, 0.4) is 0 Å². The van der Waals surface area contributed by atoms with Gasteiger partial charge in [0.1, 0.15) is 5.75 Å². The lowest BCUT2D eigenvalue weighted by atomic mass is 9.82. The predicted molar refractivity (Wildman–Crippen MR) is 72.9 cm³/mol. The fourth-order valence-corrected chi connectivity index (χ4v) is 3.06. The van der Waals surface area contributed by atoms with Gasteiger partial charge in [0.2, 0.25) is 0 Å². The number of rotatable bonds is 3. The Labute approximate surface area is 117 Å². The van der Waals surface area contributed by atoms with Crippen LogP contribution in [0.5, 0.6) is 5.75 Å². The summed E-state index contributed by atoms with van der Waals surface area (Å²) in [6.45, 7) is 2.16. The van der Waals surface area contributed by atoms with Crippen LogP contribution in [-0.4, -0.2) is 25.5 Å². The molecule has 0 amide bonds. The maximum atomic E-state index is 12.0. The van der Waals surface area contributed by atoms with Gasteiger partial charge in [-0.1, -0.05) is 18.2 Å². The van der Waals surface area contributed by atoms with Crippen molar-refractivity contribution in [2.24, 2.45) is 5.92 Å². The van der Waals surface area contributed by atoms with Crippen LogP contribution in [0.1, 0.15) is 29.3 Å². The number of carbonyl (C=O) groups excluding carboxylic acids is 2. The average molecular weight is 272 g/mol. The minimum absolute atomic E-state index is 0.0426. The van der Waals surface area contributed by atoms with Gasteiger partial charge in [0.25, 0.3) is 0 Å². The molecule has 0 aliphatic heterocycles. The second kappa shape index (κ2) is 4.47. The van der Waals surface area contributed by atoms with E-state index in [2.05, 4.69) is 0 Å². The standard InChI is InChI=1S/C16H16O4/c1-3-20-15(18)11-9-16(11)8-7-12(17)10-5-4-6-13(19-2)14(10)16/h4-8,11H,3,9H2,1-2H3. The smallest absolute Gasteiger partial charge is 0.310 e. The summed E-state index contributed by atoms with van der Waals surface area (Å²) in [4.78, 5) is 24.0. The lowest BCUT2D eigenvalue weighted by Crippen LogP contribution is -2.22. The highest BCUT2D eigenvalue weighted by Crippen LogP contribution is 2.60. The first-order chi connectivity index (χ1) is 9.64. The van der Waals surface area contributed by atoms with Gasteiger partial charge in [0.05, 0.1) is 19.6 Å². The number of esters is 1. The molecule has 0 saturated heterocycles. The Morgan fingerprint density at radius 1 is 1.45 bits per heavy atom. The van der Waals surface area contributed by atoms with Crippen molar-refractivity contribution >= 4 is 11.8 Å². The van der Waals surface area contributed by atoms with Gasteiger partial charge in [-0.15, -0.1) is 0 Å². The summed E-state index contributed by atoms with van der Waals surface area (Å²) in [5.41, 5.74) is 1.02. The third-order valence-corrected chi connectivity index (χ3v) is 4.08. The van der Waals surface area contributed by atoms with Crippen molar-refractivity contribution in [1.29, 1.82) is 0 Å². The minimum Gasteiger partial charge on any atom is -0.496 e. The maximum absolute atomic E-state index is 12.0. The molecule has 3 rings (SSSR count). The van der Waals surface area contributed by atoms with Crippen molar-refractivity contribution < 1.29 is 19.1 Å². The molecule has 2 unspecified atom stereocenters. The van der Waals surface area contributed by atoms with E-state index in [1.807, 2.05) is 12.1 Å². The molecule has 2 aliphatic carbocycles. The third-order valence-electron chi connectivity index (χ3n) is 4.08. The molecule has 1 spiro atoms. The molecular formula is C16H16O4. The third kappa shape index (κ3) is 1.68. The van der Waals surface area contributed by atoms with E-state index in [9.17, 15) is 9.59 Å². The zero-order chi connectivity index (χ0) is 14.3. The van der Waals surface area contributed by atoms with Crippen LogP contribution in [0.25, 0.3) is 0 Å². The number of methoxy groups -OCH3 is 1. The van der Waals surface area contributed by atoms with E-state index in [0.29, 0.717) is 24.3 Å². The summed E-state index contributed by atoms with van der Waals surface area (Å²) >= 11 is 0. The molecule has 1 fully saturated rings. The topological polar surface area (TPSA) is 52.6 Å². The summed E-state index contributed by atoms with van der Waals surface area (Å²) < 4.78 is 10.5. The van der Waals surface area contributed by atoms with E-state index in [4.69, 9.17) is 9.47 Å². The van der Waals surface area contributed by atoms with Crippen LogP contribution >= 0.6 is 0 Å². The van der Waals surface area contributed by atoms with Crippen LogP contribution in [0.2, 0.25) is 0 Å². The summed E-state index contributed by atoms with van der Waals surface area (Å²) in [5.74, 6) is 0.191. The zero-order valence-corrected chi connectivity index (χ0v) is 11.5. The molecule has 2 aliphatic rings. The number of ether oxygens (including phenoxy) is 2. The van der Waals surface area contributed by atoms with Gasteiger partial charge < -0.3 is 9.47 Å². The number of benzene rings is 1. The number of ketones is 1. The van der Waals surface area contributed by atoms with Crippen LogP contribution in [-0.2, 0) is 14.9 Å². The molecule has 0 bridgehead atoms.